The summed E-state index contributed by atoms with van der Waals surface area (Å²) >= 11 is 4.49. The van der Waals surface area contributed by atoms with E-state index in [4.69, 9.17) is 9.47 Å². The Morgan fingerprint density at radius 1 is 1.14 bits per heavy atom. The molecule has 29 heavy (non-hydrogen) atoms. The van der Waals surface area contributed by atoms with Gasteiger partial charge in [0.1, 0.15) is 22.2 Å². The Balaban J connectivity index is 2.63. The van der Waals surface area contributed by atoms with E-state index in [1.807, 2.05) is 0 Å². The van der Waals surface area contributed by atoms with E-state index in [0.29, 0.717) is 15.9 Å². The second-order valence-electron chi connectivity index (χ2n) is 5.77. The normalized spacial score (nSPS) is 10.7. The molecule has 0 aliphatic heterocycles. The van der Waals surface area contributed by atoms with Crippen LogP contribution in [0.4, 0.5) is 18.6 Å². The van der Waals surface area contributed by atoms with Crippen LogP contribution in [0.2, 0.25) is 0 Å². The minimum Gasteiger partial charge on any atom is -0.462 e. The number of ether oxygens (including phenoxy) is 2. The molecular formula is C19H21BrF2N2O4S. The summed E-state index contributed by atoms with van der Waals surface area (Å²) in [6, 6.07) is 3.44. The van der Waals surface area contributed by atoms with Crippen molar-refractivity contribution in [2.45, 2.75) is 26.9 Å². The van der Waals surface area contributed by atoms with Gasteiger partial charge in [0.15, 0.2) is 0 Å². The predicted molar refractivity (Wildman–Crippen MR) is 110 cm³/mol. The molecule has 0 spiro atoms. The van der Waals surface area contributed by atoms with Crippen LogP contribution in [0.15, 0.2) is 22.0 Å². The van der Waals surface area contributed by atoms with Gasteiger partial charge in [-0.05, 0) is 49.0 Å². The Morgan fingerprint density at radius 3 is 2.31 bits per heavy atom. The van der Waals surface area contributed by atoms with E-state index in [9.17, 15) is 18.4 Å². The van der Waals surface area contributed by atoms with Crippen molar-refractivity contribution in [3.63, 3.8) is 0 Å². The lowest BCUT2D eigenvalue weighted by atomic mass is 10.1. The topological polar surface area (TPSA) is 67.9 Å². The Bertz CT molecular complexity index is 871. The molecule has 1 heterocycles. The van der Waals surface area contributed by atoms with Crippen molar-refractivity contribution < 1.29 is 27.8 Å². The zero-order valence-corrected chi connectivity index (χ0v) is 18.6. The zero-order chi connectivity index (χ0) is 21.6. The first kappa shape index (κ1) is 23.2. The molecule has 6 nitrogen and oxygen atoms in total. The molecule has 0 aliphatic carbocycles. The molecule has 0 aliphatic rings. The number of carbonyl (C=O) groups excluding carboxylic acids is 2. The zero-order valence-electron chi connectivity index (χ0n) is 16.2. The number of carbonyl (C=O) groups is 2. The molecule has 0 radical (unpaired) electrons. The van der Waals surface area contributed by atoms with Gasteiger partial charge in [-0.15, -0.1) is 11.3 Å². The van der Waals surface area contributed by atoms with Crippen LogP contribution in [0.5, 0.6) is 0 Å². The van der Waals surface area contributed by atoms with Gasteiger partial charge in [-0.25, -0.2) is 18.4 Å². The molecule has 0 saturated carbocycles. The Labute approximate surface area is 179 Å². The standard InChI is InChI=1S/C19H21BrF2N2O4S/c1-4-27-18(25)15-11(9-23-3)16(20)29-17(15)24(19(26)28-5-2)10-12-13(21)7-6-8-14(12)22/h6-8,23H,4-5,9-10H2,1-3H3. The number of hydrogen-bond acceptors (Lipinski definition) is 6. The molecule has 0 bridgehead atoms. The summed E-state index contributed by atoms with van der Waals surface area (Å²) in [7, 11) is 1.70. The molecule has 0 atom stereocenters. The van der Waals surface area contributed by atoms with Crippen LogP contribution >= 0.6 is 27.3 Å². The summed E-state index contributed by atoms with van der Waals surface area (Å²) in [4.78, 5) is 26.4. The maximum absolute atomic E-state index is 14.2. The number of halogens is 3. The highest BCUT2D eigenvalue weighted by molar-refractivity contribution is 9.11. The fourth-order valence-electron chi connectivity index (χ4n) is 2.63. The van der Waals surface area contributed by atoms with Gasteiger partial charge in [0, 0.05) is 17.7 Å². The molecule has 158 valence electrons. The van der Waals surface area contributed by atoms with Crippen molar-refractivity contribution >= 4 is 44.3 Å². The average molecular weight is 491 g/mol. The highest BCUT2D eigenvalue weighted by Gasteiger charge is 2.31. The molecule has 0 unspecified atom stereocenters. The summed E-state index contributed by atoms with van der Waals surface area (Å²) in [6.07, 6.45) is -0.828. The number of benzene rings is 1. The van der Waals surface area contributed by atoms with Crippen LogP contribution in [0.3, 0.4) is 0 Å². The number of rotatable bonds is 8. The third-order valence-electron chi connectivity index (χ3n) is 3.88. The number of thiophene rings is 1. The summed E-state index contributed by atoms with van der Waals surface area (Å²) in [5, 5.41) is 3.13. The molecule has 1 aromatic heterocycles. The van der Waals surface area contributed by atoms with Crippen LogP contribution in [-0.2, 0) is 22.6 Å². The lowest BCUT2D eigenvalue weighted by molar-refractivity contribution is 0.0526. The van der Waals surface area contributed by atoms with Gasteiger partial charge < -0.3 is 14.8 Å². The Kier molecular flexibility index (Phi) is 8.54. The summed E-state index contributed by atoms with van der Waals surface area (Å²) in [6.45, 7) is 3.33. The van der Waals surface area contributed by atoms with Crippen molar-refractivity contribution in [2.75, 3.05) is 25.2 Å². The monoisotopic (exact) mass is 490 g/mol. The minimum absolute atomic E-state index is 0.0553. The Morgan fingerprint density at radius 2 is 1.76 bits per heavy atom. The maximum atomic E-state index is 14.2. The molecule has 1 amide bonds. The second kappa shape index (κ2) is 10.7. The smallest absolute Gasteiger partial charge is 0.415 e. The highest BCUT2D eigenvalue weighted by atomic mass is 79.9. The molecule has 1 aromatic carbocycles. The van der Waals surface area contributed by atoms with Crippen LogP contribution < -0.4 is 10.2 Å². The fraction of sp³-hybridized carbons (Fsp3) is 0.368. The molecule has 0 fully saturated rings. The number of hydrogen-bond donors (Lipinski definition) is 1. The van der Waals surface area contributed by atoms with Gasteiger partial charge >= 0.3 is 12.1 Å². The number of esters is 1. The van der Waals surface area contributed by atoms with Gasteiger partial charge in [0.25, 0.3) is 0 Å². The molecule has 2 aromatic rings. The molecule has 2 rings (SSSR count). The van der Waals surface area contributed by atoms with Crippen LogP contribution in [0, 0.1) is 11.6 Å². The summed E-state index contributed by atoms with van der Waals surface area (Å²) in [5.41, 5.74) is 0.409. The van der Waals surface area contributed by atoms with E-state index >= 15 is 0 Å². The van der Waals surface area contributed by atoms with Gasteiger partial charge in [0.05, 0.1) is 23.5 Å². The number of anilines is 1. The summed E-state index contributed by atoms with van der Waals surface area (Å²) < 4.78 is 39.3. The second-order valence-corrected chi connectivity index (χ2v) is 8.09. The van der Waals surface area contributed by atoms with Gasteiger partial charge in [-0.2, -0.15) is 0 Å². The minimum atomic E-state index is -0.828. The van der Waals surface area contributed by atoms with Gasteiger partial charge in [0.2, 0.25) is 0 Å². The van der Waals surface area contributed by atoms with Gasteiger partial charge in [-0.3, -0.25) is 4.90 Å². The largest absolute Gasteiger partial charge is 0.462 e. The molecular weight excluding hydrogens is 470 g/mol. The van der Waals surface area contributed by atoms with E-state index in [1.165, 1.54) is 6.07 Å². The maximum Gasteiger partial charge on any atom is 0.415 e. The number of nitrogens with one attached hydrogen (secondary N) is 1. The van der Waals surface area contributed by atoms with E-state index in [1.54, 1.807) is 20.9 Å². The Hall–Kier alpha value is -2.04. The van der Waals surface area contributed by atoms with Crippen LogP contribution in [0.1, 0.15) is 35.3 Å². The SMILES string of the molecule is CCOC(=O)c1c(N(Cc2c(F)cccc2F)C(=O)OCC)sc(Br)c1CNC. The number of nitrogens with zero attached hydrogens (tertiary/aromatic N) is 1. The lowest BCUT2D eigenvalue weighted by Crippen LogP contribution is -2.32. The van der Waals surface area contributed by atoms with E-state index in [-0.39, 0.29) is 29.3 Å². The highest BCUT2D eigenvalue weighted by Crippen LogP contribution is 2.41. The fourth-order valence-corrected chi connectivity index (χ4v) is 4.45. The van der Waals surface area contributed by atoms with Crippen molar-refractivity contribution in [2.24, 2.45) is 0 Å². The average Bonchev–Trinajstić information content (AvgIpc) is 2.98. The third kappa shape index (κ3) is 5.31. The first-order valence-electron chi connectivity index (χ1n) is 8.85. The van der Waals surface area contributed by atoms with Crippen molar-refractivity contribution in [1.29, 1.82) is 0 Å². The lowest BCUT2D eigenvalue weighted by Gasteiger charge is -2.22. The molecule has 0 saturated heterocycles. The van der Waals surface area contributed by atoms with Crippen LogP contribution in [-0.4, -0.2) is 32.3 Å². The van der Waals surface area contributed by atoms with Crippen molar-refractivity contribution in [3.05, 3.63) is 50.3 Å². The first-order chi connectivity index (χ1) is 13.8. The van der Waals surface area contributed by atoms with E-state index in [0.717, 1.165) is 28.4 Å². The van der Waals surface area contributed by atoms with E-state index < -0.39 is 30.2 Å². The predicted octanol–water partition coefficient (Wildman–Crippen LogP) is 4.85. The molecule has 1 N–H and O–H groups in total. The first-order valence-corrected chi connectivity index (χ1v) is 10.5. The van der Waals surface area contributed by atoms with Crippen molar-refractivity contribution in [3.8, 4) is 0 Å². The quantitative estimate of drug-likeness (QED) is 0.535. The van der Waals surface area contributed by atoms with Crippen molar-refractivity contribution in [1.82, 2.24) is 5.32 Å². The van der Waals surface area contributed by atoms with Crippen LogP contribution in [0.25, 0.3) is 0 Å². The molecule has 10 heteroatoms. The number of amides is 1. The summed E-state index contributed by atoms with van der Waals surface area (Å²) in [5.74, 6) is -2.25. The van der Waals surface area contributed by atoms with E-state index in [2.05, 4.69) is 21.2 Å². The third-order valence-corrected chi connectivity index (χ3v) is 5.89. The van der Waals surface area contributed by atoms with Gasteiger partial charge in [-0.1, -0.05) is 6.07 Å².